The average molecular weight is 473 g/mol. The first-order valence-corrected chi connectivity index (χ1v) is 13.0. The SMILES string of the molecule is O=C(C1C2CC3CC(C2)CC1C3)N1CCN(S(=O)(=O)c2ccc(Br)s2)CC1. The lowest BCUT2D eigenvalue weighted by Gasteiger charge is -2.54. The van der Waals surface area contributed by atoms with Crippen LogP contribution in [0.5, 0.6) is 0 Å². The third-order valence-electron chi connectivity index (χ3n) is 7.20. The maximum atomic E-state index is 13.3. The van der Waals surface area contributed by atoms with Crippen LogP contribution in [0.1, 0.15) is 32.1 Å². The first kappa shape index (κ1) is 18.6. The lowest BCUT2D eigenvalue weighted by Crippen LogP contribution is -2.56. The van der Waals surface area contributed by atoms with Crippen molar-refractivity contribution in [1.29, 1.82) is 0 Å². The van der Waals surface area contributed by atoms with Gasteiger partial charge in [0.25, 0.3) is 10.0 Å². The Kier molecular flexibility index (Phi) is 4.69. The summed E-state index contributed by atoms with van der Waals surface area (Å²) in [5.41, 5.74) is 0. The molecule has 0 atom stereocenters. The molecule has 5 fully saturated rings. The van der Waals surface area contributed by atoms with Crippen LogP contribution in [0.4, 0.5) is 0 Å². The van der Waals surface area contributed by atoms with E-state index in [1.54, 1.807) is 12.1 Å². The summed E-state index contributed by atoms with van der Waals surface area (Å²) in [7, 11) is -3.45. The minimum absolute atomic E-state index is 0.203. The maximum absolute atomic E-state index is 13.3. The van der Waals surface area contributed by atoms with Gasteiger partial charge in [-0.05, 0) is 83.8 Å². The van der Waals surface area contributed by atoms with Crippen LogP contribution in [-0.4, -0.2) is 49.7 Å². The van der Waals surface area contributed by atoms with Gasteiger partial charge in [0.15, 0.2) is 0 Å². The lowest BCUT2D eigenvalue weighted by molar-refractivity contribution is -0.150. The van der Waals surface area contributed by atoms with Crippen molar-refractivity contribution in [3.8, 4) is 0 Å². The van der Waals surface area contributed by atoms with Gasteiger partial charge in [-0.25, -0.2) is 8.42 Å². The number of carbonyl (C=O) groups excluding carboxylic acids is 1. The molecule has 0 N–H and O–H groups in total. The average Bonchev–Trinajstić information content (AvgIpc) is 3.08. The van der Waals surface area contributed by atoms with Crippen molar-refractivity contribution >= 4 is 43.2 Å². The van der Waals surface area contributed by atoms with Crippen molar-refractivity contribution in [2.24, 2.45) is 29.6 Å². The summed E-state index contributed by atoms with van der Waals surface area (Å²) in [4.78, 5) is 15.2. The minimum atomic E-state index is -3.45. The van der Waals surface area contributed by atoms with Gasteiger partial charge in [-0.2, -0.15) is 4.31 Å². The molecular formula is C19H25BrN2O3S2. The molecule has 5 aliphatic rings. The van der Waals surface area contributed by atoms with Crippen molar-refractivity contribution < 1.29 is 13.2 Å². The van der Waals surface area contributed by atoms with Crippen molar-refractivity contribution in [1.82, 2.24) is 9.21 Å². The van der Waals surface area contributed by atoms with E-state index in [1.807, 2.05) is 4.90 Å². The Balaban J connectivity index is 1.25. The molecular weight excluding hydrogens is 448 g/mol. The molecule has 148 valence electrons. The molecule has 0 radical (unpaired) electrons. The molecule has 1 aromatic rings. The van der Waals surface area contributed by atoms with Gasteiger partial charge in [0.2, 0.25) is 5.91 Å². The fourth-order valence-corrected chi connectivity index (χ4v) is 9.84. The summed E-state index contributed by atoms with van der Waals surface area (Å²) in [5.74, 6) is 3.40. The van der Waals surface area contributed by atoms with Crippen LogP contribution in [0.15, 0.2) is 20.1 Å². The molecule has 4 saturated carbocycles. The van der Waals surface area contributed by atoms with E-state index >= 15 is 0 Å². The number of halogens is 1. The van der Waals surface area contributed by atoms with E-state index in [1.165, 1.54) is 47.7 Å². The molecule has 0 unspecified atom stereocenters. The van der Waals surface area contributed by atoms with Gasteiger partial charge in [0, 0.05) is 32.1 Å². The molecule has 1 aliphatic heterocycles. The number of hydrogen-bond acceptors (Lipinski definition) is 4. The largest absolute Gasteiger partial charge is 0.340 e. The Morgan fingerprint density at radius 1 is 0.963 bits per heavy atom. The second-order valence-electron chi connectivity index (χ2n) is 8.74. The molecule has 0 aromatic carbocycles. The predicted molar refractivity (Wildman–Crippen MR) is 108 cm³/mol. The molecule has 1 amide bonds. The van der Waals surface area contributed by atoms with E-state index in [0.717, 1.165) is 15.6 Å². The number of nitrogens with zero attached hydrogens (tertiary/aromatic N) is 2. The zero-order valence-electron chi connectivity index (χ0n) is 15.2. The molecule has 1 saturated heterocycles. The number of sulfonamides is 1. The molecule has 4 bridgehead atoms. The van der Waals surface area contributed by atoms with Crippen LogP contribution >= 0.6 is 27.3 Å². The predicted octanol–water partition coefficient (Wildman–Crippen LogP) is 3.42. The van der Waals surface area contributed by atoms with Gasteiger partial charge in [0.05, 0.1) is 3.79 Å². The molecule has 2 heterocycles. The summed E-state index contributed by atoms with van der Waals surface area (Å²) in [6.45, 7) is 1.84. The van der Waals surface area contributed by atoms with Crippen molar-refractivity contribution in [3.63, 3.8) is 0 Å². The Hall–Kier alpha value is -0.440. The Labute approximate surface area is 173 Å². The van der Waals surface area contributed by atoms with E-state index in [0.29, 0.717) is 48.1 Å². The van der Waals surface area contributed by atoms with Crippen molar-refractivity contribution in [2.75, 3.05) is 26.2 Å². The van der Waals surface area contributed by atoms with Crippen LogP contribution in [0.2, 0.25) is 0 Å². The third-order valence-corrected chi connectivity index (χ3v) is 11.2. The van der Waals surface area contributed by atoms with E-state index in [2.05, 4.69) is 15.9 Å². The first-order valence-electron chi connectivity index (χ1n) is 9.96. The van der Waals surface area contributed by atoms with Crippen molar-refractivity contribution in [3.05, 3.63) is 15.9 Å². The number of hydrogen-bond donors (Lipinski definition) is 0. The van der Waals surface area contributed by atoms with Crippen LogP contribution in [0.25, 0.3) is 0 Å². The molecule has 27 heavy (non-hydrogen) atoms. The zero-order valence-corrected chi connectivity index (χ0v) is 18.4. The van der Waals surface area contributed by atoms with Gasteiger partial charge in [-0.15, -0.1) is 11.3 Å². The fourth-order valence-electron chi connectivity index (χ4n) is 6.25. The molecule has 0 spiro atoms. The zero-order chi connectivity index (χ0) is 18.8. The standard InChI is InChI=1S/C19H25BrN2O3S2/c20-16-1-2-17(26-16)27(24,25)22-5-3-21(4-6-22)19(23)18-14-8-12-7-13(10-14)11-15(18)9-12/h1-2,12-15,18H,3-11H2. The molecule has 1 aromatic heterocycles. The van der Waals surface area contributed by atoms with Gasteiger partial charge >= 0.3 is 0 Å². The second-order valence-corrected chi connectivity index (χ2v) is 13.4. The number of carbonyl (C=O) groups is 1. The minimum Gasteiger partial charge on any atom is -0.340 e. The third kappa shape index (κ3) is 3.20. The first-order chi connectivity index (χ1) is 12.9. The summed E-state index contributed by atoms with van der Waals surface area (Å²) in [6, 6.07) is 3.42. The van der Waals surface area contributed by atoms with Gasteiger partial charge < -0.3 is 4.90 Å². The molecule has 8 heteroatoms. The Morgan fingerprint density at radius 2 is 1.56 bits per heavy atom. The molecule has 4 aliphatic carbocycles. The summed E-state index contributed by atoms with van der Waals surface area (Å²) in [6.07, 6.45) is 6.36. The van der Waals surface area contributed by atoms with Crippen molar-refractivity contribution in [2.45, 2.75) is 36.3 Å². The smallest absolute Gasteiger partial charge is 0.252 e. The summed E-state index contributed by atoms with van der Waals surface area (Å²) < 4.78 is 28.3. The highest BCUT2D eigenvalue weighted by molar-refractivity contribution is 9.11. The highest BCUT2D eigenvalue weighted by atomic mass is 79.9. The summed E-state index contributed by atoms with van der Waals surface area (Å²) >= 11 is 4.57. The Bertz CT molecular complexity index is 817. The number of rotatable bonds is 3. The monoisotopic (exact) mass is 472 g/mol. The normalized spacial score (nSPS) is 36.3. The van der Waals surface area contributed by atoms with Gasteiger partial charge in [-0.3, -0.25) is 4.79 Å². The van der Waals surface area contributed by atoms with Gasteiger partial charge in [-0.1, -0.05) is 0 Å². The number of amides is 1. The van der Waals surface area contributed by atoms with E-state index in [4.69, 9.17) is 0 Å². The quantitative estimate of drug-likeness (QED) is 0.676. The fraction of sp³-hybridized carbons (Fsp3) is 0.737. The van der Waals surface area contributed by atoms with Crippen LogP contribution < -0.4 is 0 Å². The molecule has 6 rings (SSSR count). The van der Waals surface area contributed by atoms with E-state index < -0.39 is 10.0 Å². The van der Waals surface area contributed by atoms with E-state index in [9.17, 15) is 13.2 Å². The highest BCUT2D eigenvalue weighted by Crippen LogP contribution is 2.56. The van der Waals surface area contributed by atoms with Gasteiger partial charge in [0.1, 0.15) is 4.21 Å². The number of thiophene rings is 1. The second kappa shape index (κ2) is 6.82. The van der Waals surface area contributed by atoms with Crippen LogP contribution in [0, 0.1) is 29.6 Å². The van der Waals surface area contributed by atoms with Crippen LogP contribution in [0.3, 0.4) is 0 Å². The topological polar surface area (TPSA) is 57.7 Å². The Morgan fingerprint density at radius 3 is 2.07 bits per heavy atom. The highest BCUT2D eigenvalue weighted by Gasteiger charge is 2.51. The molecule has 5 nitrogen and oxygen atoms in total. The summed E-state index contributed by atoms with van der Waals surface area (Å²) in [5, 5.41) is 0. The lowest BCUT2D eigenvalue weighted by atomic mass is 9.51. The number of piperazine rings is 1. The van der Waals surface area contributed by atoms with E-state index in [-0.39, 0.29) is 5.92 Å². The van der Waals surface area contributed by atoms with Crippen LogP contribution in [-0.2, 0) is 14.8 Å². The maximum Gasteiger partial charge on any atom is 0.252 e.